The van der Waals surface area contributed by atoms with E-state index < -0.39 is 5.97 Å². The van der Waals surface area contributed by atoms with Gasteiger partial charge in [0.05, 0.1) is 5.92 Å². The van der Waals surface area contributed by atoms with Gasteiger partial charge in [-0.05, 0) is 24.7 Å². The molecule has 3 aliphatic carbocycles. The van der Waals surface area contributed by atoms with Crippen LogP contribution in [0.25, 0.3) is 0 Å². The first-order valence-electron chi connectivity index (χ1n) is 4.37. The van der Waals surface area contributed by atoms with Crippen molar-refractivity contribution in [1.82, 2.24) is 0 Å². The molecule has 3 aliphatic rings. The summed E-state index contributed by atoms with van der Waals surface area (Å²) in [6.45, 7) is 0. The standard InChI is InChI=1S/C9H13NO2/c10-8-6-3-1-5(2-4-6)7(8)9(11)12/h1,3,5-8H,2,4,10H2,(H,11,12)/t5-,6+,7-,8+/m1/s1. The van der Waals surface area contributed by atoms with Gasteiger partial charge in [-0.2, -0.15) is 0 Å². The number of carboxylic acids is 1. The van der Waals surface area contributed by atoms with Crippen LogP contribution < -0.4 is 5.73 Å². The fourth-order valence-corrected chi connectivity index (χ4v) is 2.38. The highest BCUT2D eigenvalue weighted by Crippen LogP contribution is 2.39. The van der Waals surface area contributed by atoms with Gasteiger partial charge in [0, 0.05) is 6.04 Å². The van der Waals surface area contributed by atoms with Crippen molar-refractivity contribution in [3.05, 3.63) is 12.2 Å². The van der Waals surface area contributed by atoms with Crippen molar-refractivity contribution in [2.45, 2.75) is 18.9 Å². The molecule has 3 N–H and O–H groups in total. The molecule has 0 aromatic heterocycles. The molecule has 12 heavy (non-hydrogen) atoms. The molecule has 0 amide bonds. The fraction of sp³-hybridized carbons (Fsp3) is 0.667. The zero-order valence-corrected chi connectivity index (χ0v) is 6.81. The van der Waals surface area contributed by atoms with Crippen molar-refractivity contribution >= 4 is 5.97 Å². The average molecular weight is 167 g/mol. The lowest BCUT2D eigenvalue weighted by molar-refractivity contribution is -0.145. The van der Waals surface area contributed by atoms with Gasteiger partial charge in [-0.25, -0.2) is 0 Å². The molecule has 0 aromatic rings. The molecule has 0 spiro atoms. The molecule has 0 saturated heterocycles. The van der Waals surface area contributed by atoms with Crippen molar-refractivity contribution < 1.29 is 9.90 Å². The van der Waals surface area contributed by atoms with Gasteiger partial charge in [0.2, 0.25) is 0 Å². The SMILES string of the molecule is N[C@@H]1[C@H](C(=O)O)[C@@H]2C=C[C@H]1CC2. The zero-order valence-electron chi connectivity index (χ0n) is 6.81. The second-order valence-corrected chi connectivity index (χ2v) is 3.73. The maximum Gasteiger partial charge on any atom is 0.308 e. The maximum absolute atomic E-state index is 10.8. The van der Waals surface area contributed by atoms with Crippen LogP contribution in [0.15, 0.2) is 12.2 Å². The minimum Gasteiger partial charge on any atom is -0.481 e. The van der Waals surface area contributed by atoms with Gasteiger partial charge in [0.1, 0.15) is 0 Å². The molecule has 0 aliphatic heterocycles. The Morgan fingerprint density at radius 1 is 1.33 bits per heavy atom. The summed E-state index contributed by atoms with van der Waals surface area (Å²) in [6.07, 6.45) is 6.16. The van der Waals surface area contributed by atoms with E-state index in [2.05, 4.69) is 6.08 Å². The largest absolute Gasteiger partial charge is 0.481 e. The number of fused-ring (bicyclic) bond motifs is 2. The van der Waals surface area contributed by atoms with E-state index in [4.69, 9.17) is 10.8 Å². The highest BCUT2D eigenvalue weighted by atomic mass is 16.4. The molecule has 3 nitrogen and oxygen atoms in total. The Hall–Kier alpha value is -0.830. The first-order valence-corrected chi connectivity index (χ1v) is 4.37. The molecular formula is C9H13NO2. The summed E-state index contributed by atoms with van der Waals surface area (Å²) in [5.41, 5.74) is 5.83. The lowest BCUT2D eigenvalue weighted by Crippen LogP contribution is -2.50. The first kappa shape index (κ1) is 7.80. The highest BCUT2D eigenvalue weighted by molar-refractivity contribution is 5.72. The molecule has 1 saturated carbocycles. The van der Waals surface area contributed by atoms with E-state index in [0.29, 0.717) is 5.92 Å². The second-order valence-electron chi connectivity index (χ2n) is 3.73. The summed E-state index contributed by atoms with van der Waals surface area (Å²) in [6, 6.07) is -0.161. The molecule has 1 fully saturated rings. The van der Waals surface area contributed by atoms with E-state index >= 15 is 0 Å². The van der Waals surface area contributed by atoms with Gasteiger partial charge in [0.25, 0.3) is 0 Å². The number of carboxylic acid groups (broad SMARTS) is 1. The molecule has 0 radical (unpaired) electrons. The lowest BCUT2D eigenvalue weighted by Gasteiger charge is -2.40. The Morgan fingerprint density at radius 2 is 1.92 bits per heavy atom. The van der Waals surface area contributed by atoms with Crippen LogP contribution in [-0.2, 0) is 4.79 Å². The Balaban J connectivity index is 2.26. The van der Waals surface area contributed by atoms with Crippen LogP contribution in [0.2, 0.25) is 0 Å². The number of aliphatic carboxylic acids is 1. The quantitative estimate of drug-likeness (QED) is 0.562. The van der Waals surface area contributed by atoms with Crippen molar-refractivity contribution in [2.24, 2.45) is 23.5 Å². The van der Waals surface area contributed by atoms with Crippen LogP contribution in [0.4, 0.5) is 0 Å². The lowest BCUT2D eigenvalue weighted by atomic mass is 9.66. The number of rotatable bonds is 1. The van der Waals surface area contributed by atoms with Crippen LogP contribution in [0, 0.1) is 17.8 Å². The molecule has 66 valence electrons. The Labute approximate surface area is 71.3 Å². The third kappa shape index (κ3) is 0.966. The van der Waals surface area contributed by atoms with Gasteiger partial charge in [-0.1, -0.05) is 12.2 Å². The number of hydrogen-bond donors (Lipinski definition) is 2. The Kier molecular flexibility index (Phi) is 1.68. The molecule has 4 atom stereocenters. The van der Waals surface area contributed by atoms with E-state index in [9.17, 15) is 4.79 Å². The van der Waals surface area contributed by atoms with E-state index in [0.717, 1.165) is 12.8 Å². The minimum atomic E-state index is -0.735. The summed E-state index contributed by atoms with van der Waals surface area (Å²) in [4.78, 5) is 10.8. The number of nitrogens with two attached hydrogens (primary N) is 1. The summed E-state index contributed by atoms with van der Waals surface area (Å²) in [5, 5.41) is 8.92. The zero-order chi connectivity index (χ0) is 8.72. The molecule has 3 rings (SSSR count). The van der Waals surface area contributed by atoms with Gasteiger partial charge >= 0.3 is 5.97 Å². The van der Waals surface area contributed by atoms with E-state index in [1.807, 2.05) is 6.08 Å². The number of carbonyl (C=O) groups is 1. The number of hydrogen-bond acceptors (Lipinski definition) is 2. The Bertz CT molecular complexity index is 237. The third-order valence-corrected chi connectivity index (χ3v) is 3.09. The normalized spacial score (nSPS) is 44.8. The molecule has 0 aromatic carbocycles. The summed E-state index contributed by atoms with van der Waals surface area (Å²) < 4.78 is 0. The van der Waals surface area contributed by atoms with E-state index in [1.165, 1.54) is 0 Å². The first-order chi connectivity index (χ1) is 5.70. The van der Waals surface area contributed by atoms with Gasteiger partial charge < -0.3 is 10.8 Å². The Morgan fingerprint density at radius 3 is 2.25 bits per heavy atom. The minimum absolute atomic E-state index is 0.161. The van der Waals surface area contributed by atoms with Crippen molar-refractivity contribution in [3.8, 4) is 0 Å². The predicted octanol–water partition coefficient (Wildman–Crippen LogP) is 0.610. The monoisotopic (exact) mass is 167 g/mol. The van der Waals surface area contributed by atoms with Crippen LogP contribution in [-0.4, -0.2) is 17.1 Å². The van der Waals surface area contributed by atoms with E-state index in [-0.39, 0.29) is 17.9 Å². The topological polar surface area (TPSA) is 63.3 Å². The number of allylic oxidation sites excluding steroid dienone is 1. The average Bonchev–Trinajstić information content (AvgIpc) is 2.05. The molecule has 3 heteroatoms. The predicted molar refractivity (Wildman–Crippen MR) is 44.5 cm³/mol. The summed E-state index contributed by atoms with van der Waals surface area (Å²) >= 11 is 0. The molecule has 0 unspecified atom stereocenters. The van der Waals surface area contributed by atoms with Gasteiger partial charge in [0.15, 0.2) is 0 Å². The van der Waals surface area contributed by atoms with Crippen LogP contribution in [0.1, 0.15) is 12.8 Å². The molecule has 2 bridgehead atoms. The van der Waals surface area contributed by atoms with Gasteiger partial charge in [-0.3, -0.25) is 4.79 Å². The van der Waals surface area contributed by atoms with Crippen LogP contribution >= 0.6 is 0 Å². The smallest absolute Gasteiger partial charge is 0.308 e. The third-order valence-electron chi connectivity index (χ3n) is 3.09. The summed E-state index contributed by atoms with van der Waals surface area (Å²) in [7, 11) is 0. The van der Waals surface area contributed by atoms with Crippen molar-refractivity contribution in [3.63, 3.8) is 0 Å². The maximum atomic E-state index is 10.8. The van der Waals surface area contributed by atoms with Crippen LogP contribution in [0.3, 0.4) is 0 Å². The molecule has 0 heterocycles. The van der Waals surface area contributed by atoms with E-state index in [1.54, 1.807) is 0 Å². The van der Waals surface area contributed by atoms with Crippen molar-refractivity contribution in [2.75, 3.05) is 0 Å². The molecular weight excluding hydrogens is 154 g/mol. The van der Waals surface area contributed by atoms with Crippen LogP contribution in [0.5, 0.6) is 0 Å². The van der Waals surface area contributed by atoms with Gasteiger partial charge in [-0.15, -0.1) is 0 Å². The highest BCUT2D eigenvalue weighted by Gasteiger charge is 2.42. The fourth-order valence-electron chi connectivity index (χ4n) is 2.38. The second kappa shape index (κ2) is 2.59. The van der Waals surface area contributed by atoms with Crippen molar-refractivity contribution in [1.29, 1.82) is 0 Å². The summed E-state index contributed by atoms with van der Waals surface area (Å²) in [5.74, 6) is -0.589.